The molecule has 110 valence electrons. The Balaban J connectivity index is 1.92. The molecule has 3 heteroatoms. The number of carbonyl (C=O) groups is 1. The van der Waals surface area contributed by atoms with Crippen LogP contribution in [0.25, 0.3) is 0 Å². The van der Waals surface area contributed by atoms with Crippen LogP contribution in [0.5, 0.6) is 5.75 Å². The van der Waals surface area contributed by atoms with Crippen LogP contribution in [0.15, 0.2) is 54.6 Å². The summed E-state index contributed by atoms with van der Waals surface area (Å²) in [6.45, 7) is 4.08. The van der Waals surface area contributed by atoms with E-state index in [1.54, 1.807) is 11.9 Å². The second-order valence-corrected chi connectivity index (χ2v) is 5.19. The van der Waals surface area contributed by atoms with Crippen LogP contribution in [-0.4, -0.2) is 24.5 Å². The molecule has 0 N–H and O–H groups in total. The molecule has 0 aliphatic rings. The second-order valence-electron chi connectivity index (χ2n) is 5.19. The second kappa shape index (κ2) is 6.93. The largest absolute Gasteiger partial charge is 0.484 e. The molecule has 2 aromatic rings. The number of aryl methyl sites for hydroxylation is 1. The number of benzene rings is 2. The molecular weight excluding hydrogens is 262 g/mol. The molecule has 1 unspecified atom stereocenters. The van der Waals surface area contributed by atoms with Gasteiger partial charge in [-0.3, -0.25) is 4.79 Å². The van der Waals surface area contributed by atoms with Gasteiger partial charge in [0.15, 0.2) is 6.61 Å². The Hall–Kier alpha value is -2.29. The van der Waals surface area contributed by atoms with E-state index < -0.39 is 0 Å². The summed E-state index contributed by atoms with van der Waals surface area (Å²) in [5.74, 6) is 0.682. The number of hydrogen-bond donors (Lipinski definition) is 0. The highest BCUT2D eigenvalue weighted by Crippen LogP contribution is 2.18. The predicted molar refractivity (Wildman–Crippen MR) is 84.3 cm³/mol. The molecule has 2 rings (SSSR count). The highest BCUT2D eigenvalue weighted by molar-refractivity contribution is 5.78. The van der Waals surface area contributed by atoms with Crippen molar-refractivity contribution in [1.29, 1.82) is 0 Å². The standard InChI is InChI=1S/C18H21NO2/c1-14-9-11-17(12-10-14)21-13-18(20)19(3)15(2)16-7-5-4-6-8-16/h4-12,15H,13H2,1-3H3. The summed E-state index contributed by atoms with van der Waals surface area (Å²) in [7, 11) is 1.80. The van der Waals surface area contributed by atoms with Gasteiger partial charge in [0.25, 0.3) is 5.91 Å². The Morgan fingerprint density at radius 3 is 2.33 bits per heavy atom. The van der Waals surface area contributed by atoms with Crippen LogP contribution in [-0.2, 0) is 4.79 Å². The van der Waals surface area contributed by atoms with Gasteiger partial charge in [-0.05, 0) is 31.5 Å². The van der Waals surface area contributed by atoms with Crippen LogP contribution in [0.4, 0.5) is 0 Å². The third-order valence-electron chi connectivity index (χ3n) is 3.64. The van der Waals surface area contributed by atoms with E-state index in [2.05, 4.69) is 0 Å². The first kappa shape index (κ1) is 15.1. The maximum absolute atomic E-state index is 12.2. The van der Waals surface area contributed by atoms with Gasteiger partial charge in [-0.25, -0.2) is 0 Å². The number of likely N-dealkylation sites (N-methyl/N-ethyl adjacent to an activating group) is 1. The van der Waals surface area contributed by atoms with E-state index in [4.69, 9.17) is 4.74 Å². The smallest absolute Gasteiger partial charge is 0.260 e. The number of carbonyl (C=O) groups excluding carboxylic acids is 1. The molecule has 2 aromatic carbocycles. The van der Waals surface area contributed by atoms with E-state index in [1.807, 2.05) is 68.4 Å². The highest BCUT2D eigenvalue weighted by atomic mass is 16.5. The summed E-state index contributed by atoms with van der Waals surface area (Å²) in [4.78, 5) is 13.9. The molecular formula is C18H21NO2. The van der Waals surface area contributed by atoms with Crippen molar-refractivity contribution in [2.24, 2.45) is 0 Å². The fraction of sp³-hybridized carbons (Fsp3) is 0.278. The van der Waals surface area contributed by atoms with Gasteiger partial charge >= 0.3 is 0 Å². The maximum Gasteiger partial charge on any atom is 0.260 e. The molecule has 3 nitrogen and oxygen atoms in total. The molecule has 0 saturated heterocycles. The summed E-state index contributed by atoms with van der Waals surface area (Å²) in [5.41, 5.74) is 2.28. The van der Waals surface area contributed by atoms with Crippen LogP contribution in [0, 0.1) is 6.92 Å². The summed E-state index contributed by atoms with van der Waals surface area (Å²) in [5, 5.41) is 0. The third kappa shape index (κ3) is 4.09. The SMILES string of the molecule is Cc1ccc(OCC(=O)N(C)C(C)c2ccccc2)cc1. The summed E-state index contributed by atoms with van der Waals surface area (Å²) in [6, 6.07) is 17.7. The Labute approximate surface area is 126 Å². The van der Waals surface area contributed by atoms with Gasteiger partial charge in [-0.1, -0.05) is 48.0 Å². The zero-order chi connectivity index (χ0) is 15.2. The minimum absolute atomic E-state index is 0.0281. The molecule has 0 radical (unpaired) electrons. The number of rotatable bonds is 5. The third-order valence-corrected chi connectivity index (χ3v) is 3.64. The van der Waals surface area contributed by atoms with Gasteiger partial charge in [0.05, 0.1) is 6.04 Å². The molecule has 0 aromatic heterocycles. The fourth-order valence-electron chi connectivity index (χ4n) is 2.05. The molecule has 21 heavy (non-hydrogen) atoms. The lowest BCUT2D eigenvalue weighted by atomic mass is 10.1. The molecule has 0 spiro atoms. The number of nitrogens with zero attached hydrogens (tertiary/aromatic N) is 1. The molecule has 0 saturated carbocycles. The van der Waals surface area contributed by atoms with E-state index in [-0.39, 0.29) is 18.6 Å². The monoisotopic (exact) mass is 283 g/mol. The van der Waals surface area contributed by atoms with Crippen LogP contribution >= 0.6 is 0 Å². The number of ether oxygens (including phenoxy) is 1. The average Bonchev–Trinajstić information content (AvgIpc) is 2.53. The number of hydrogen-bond acceptors (Lipinski definition) is 2. The zero-order valence-corrected chi connectivity index (χ0v) is 12.7. The van der Waals surface area contributed by atoms with Gasteiger partial charge in [0, 0.05) is 7.05 Å². The first-order valence-electron chi connectivity index (χ1n) is 7.08. The summed E-state index contributed by atoms with van der Waals surface area (Å²) >= 11 is 0. The highest BCUT2D eigenvalue weighted by Gasteiger charge is 2.17. The van der Waals surface area contributed by atoms with Crippen molar-refractivity contribution in [1.82, 2.24) is 4.90 Å². The van der Waals surface area contributed by atoms with Crippen molar-refractivity contribution >= 4 is 5.91 Å². The van der Waals surface area contributed by atoms with E-state index in [0.29, 0.717) is 0 Å². The van der Waals surface area contributed by atoms with E-state index in [9.17, 15) is 4.79 Å². The van der Waals surface area contributed by atoms with E-state index in [0.717, 1.165) is 11.3 Å². The molecule has 0 bridgehead atoms. The summed E-state index contributed by atoms with van der Waals surface area (Å²) < 4.78 is 5.54. The number of amides is 1. The lowest BCUT2D eigenvalue weighted by molar-refractivity contribution is -0.134. The molecule has 0 heterocycles. The topological polar surface area (TPSA) is 29.5 Å². The van der Waals surface area contributed by atoms with Crippen molar-refractivity contribution in [2.75, 3.05) is 13.7 Å². The van der Waals surface area contributed by atoms with Crippen LogP contribution < -0.4 is 4.74 Å². The lowest BCUT2D eigenvalue weighted by Gasteiger charge is -2.25. The molecule has 0 fully saturated rings. The van der Waals surface area contributed by atoms with Gasteiger partial charge in [0.1, 0.15) is 5.75 Å². The predicted octanol–water partition coefficient (Wildman–Crippen LogP) is 3.59. The fourth-order valence-corrected chi connectivity index (χ4v) is 2.05. The first-order chi connectivity index (χ1) is 10.1. The quantitative estimate of drug-likeness (QED) is 0.839. The van der Waals surface area contributed by atoms with Crippen molar-refractivity contribution in [3.8, 4) is 5.75 Å². The summed E-state index contributed by atoms with van der Waals surface area (Å²) in [6.07, 6.45) is 0. The van der Waals surface area contributed by atoms with Crippen molar-refractivity contribution in [3.63, 3.8) is 0 Å². The van der Waals surface area contributed by atoms with Crippen molar-refractivity contribution in [3.05, 3.63) is 65.7 Å². The molecule has 0 aliphatic heterocycles. The van der Waals surface area contributed by atoms with Gasteiger partial charge in [0.2, 0.25) is 0 Å². The van der Waals surface area contributed by atoms with E-state index in [1.165, 1.54) is 5.56 Å². The Morgan fingerprint density at radius 1 is 1.10 bits per heavy atom. The normalized spacial score (nSPS) is 11.8. The lowest BCUT2D eigenvalue weighted by Crippen LogP contribution is -2.33. The Bertz CT molecular complexity index is 578. The average molecular weight is 283 g/mol. The molecule has 1 amide bonds. The Morgan fingerprint density at radius 2 is 1.71 bits per heavy atom. The molecule has 0 aliphatic carbocycles. The van der Waals surface area contributed by atoms with Gasteiger partial charge < -0.3 is 9.64 Å². The van der Waals surface area contributed by atoms with Crippen LogP contribution in [0.1, 0.15) is 24.1 Å². The van der Waals surface area contributed by atoms with Gasteiger partial charge in [-0.2, -0.15) is 0 Å². The minimum Gasteiger partial charge on any atom is -0.484 e. The zero-order valence-electron chi connectivity index (χ0n) is 12.7. The van der Waals surface area contributed by atoms with Crippen molar-refractivity contribution in [2.45, 2.75) is 19.9 Å². The maximum atomic E-state index is 12.2. The van der Waals surface area contributed by atoms with Crippen LogP contribution in [0.2, 0.25) is 0 Å². The Kier molecular flexibility index (Phi) is 4.99. The van der Waals surface area contributed by atoms with Crippen molar-refractivity contribution < 1.29 is 9.53 Å². The van der Waals surface area contributed by atoms with Gasteiger partial charge in [-0.15, -0.1) is 0 Å². The van der Waals surface area contributed by atoms with Crippen LogP contribution in [0.3, 0.4) is 0 Å². The van der Waals surface area contributed by atoms with E-state index >= 15 is 0 Å². The minimum atomic E-state index is -0.0353. The first-order valence-corrected chi connectivity index (χ1v) is 7.08. The molecule has 1 atom stereocenters.